The molecule has 0 aliphatic rings. The Bertz CT molecular complexity index is 466. The Morgan fingerprint density at radius 1 is 1.31 bits per heavy atom. The zero-order chi connectivity index (χ0) is 9.42. The number of pyridine rings is 1. The molecule has 1 aromatic carbocycles. The summed E-state index contributed by atoms with van der Waals surface area (Å²) in [6.45, 7) is 2.02. The second-order valence-corrected chi connectivity index (χ2v) is 3.44. The van der Waals surface area contributed by atoms with Gasteiger partial charge in [-0.15, -0.1) is 0 Å². The predicted molar refractivity (Wildman–Crippen MR) is 55.9 cm³/mol. The van der Waals surface area contributed by atoms with E-state index < -0.39 is 0 Å². The summed E-state index contributed by atoms with van der Waals surface area (Å²) in [6, 6.07) is 7.59. The molecule has 0 bridgehead atoms. The van der Waals surface area contributed by atoms with Gasteiger partial charge in [0.15, 0.2) is 0 Å². The van der Waals surface area contributed by atoms with Crippen molar-refractivity contribution in [2.45, 2.75) is 6.92 Å². The van der Waals surface area contributed by atoms with Crippen molar-refractivity contribution in [1.82, 2.24) is 4.98 Å². The van der Waals surface area contributed by atoms with Crippen molar-refractivity contribution in [2.24, 2.45) is 0 Å². The summed E-state index contributed by atoms with van der Waals surface area (Å²) in [6.07, 6.45) is 0. The lowest BCUT2D eigenvalue weighted by Gasteiger charge is -2.02. The minimum Gasteiger partial charge on any atom is -0.398 e. The standard InChI is InChI=1S/C10H9ClN2/c1-6-2-3-9-7(4-6)8(12)5-10(11)13-9/h2-5H,1H3,(H2,12,13). The Hall–Kier alpha value is -1.28. The van der Waals surface area contributed by atoms with Gasteiger partial charge < -0.3 is 5.73 Å². The van der Waals surface area contributed by atoms with E-state index in [0.29, 0.717) is 10.8 Å². The first-order valence-electron chi connectivity index (χ1n) is 3.99. The number of anilines is 1. The van der Waals surface area contributed by atoms with Crippen LogP contribution in [0.25, 0.3) is 10.9 Å². The van der Waals surface area contributed by atoms with Gasteiger partial charge in [0.1, 0.15) is 5.15 Å². The van der Waals surface area contributed by atoms with Crippen LogP contribution in [0.1, 0.15) is 5.56 Å². The largest absolute Gasteiger partial charge is 0.398 e. The molecule has 2 rings (SSSR count). The monoisotopic (exact) mass is 192 g/mol. The molecule has 3 heteroatoms. The van der Waals surface area contributed by atoms with E-state index in [4.69, 9.17) is 17.3 Å². The average Bonchev–Trinajstić information content (AvgIpc) is 2.06. The minimum atomic E-state index is 0.439. The van der Waals surface area contributed by atoms with Gasteiger partial charge in [0.25, 0.3) is 0 Å². The number of nitrogens with zero attached hydrogens (tertiary/aromatic N) is 1. The molecular formula is C10H9ClN2. The fraction of sp³-hybridized carbons (Fsp3) is 0.100. The molecule has 0 fully saturated rings. The Labute approximate surface area is 81.3 Å². The minimum absolute atomic E-state index is 0.439. The Morgan fingerprint density at radius 2 is 2.08 bits per heavy atom. The predicted octanol–water partition coefficient (Wildman–Crippen LogP) is 2.78. The van der Waals surface area contributed by atoms with Crippen LogP contribution in [0.2, 0.25) is 5.15 Å². The molecular weight excluding hydrogens is 184 g/mol. The van der Waals surface area contributed by atoms with E-state index in [1.165, 1.54) is 5.56 Å². The maximum Gasteiger partial charge on any atom is 0.131 e. The number of nitrogens with two attached hydrogens (primary N) is 1. The fourth-order valence-electron chi connectivity index (χ4n) is 1.33. The lowest BCUT2D eigenvalue weighted by molar-refractivity contribution is 1.39. The molecule has 0 spiro atoms. The molecule has 2 nitrogen and oxygen atoms in total. The SMILES string of the molecule is Cc1ccc2nc(Cl)cc(N)c2c1. The fourth-order valence-corrected chi connectivity index (χ4v) is 1.54. The molecule has 0 unspecified atom stereocenters. The van der Waals surface area contributed by atoms with Gasteiger partial charge in [-0.3, -0.25) is 0 Å². The average molecular weight is 193 g/mol. The topological polar surface area (TPSA) is 38.9 Å². The summed E-state index contributed by atoms with van der Waals surface area (Å²) >= 11 is 5.77. The molecule has 0 radical (unpaired) electrons. The van der Waals surface area contributed by atoms with E-state index in [2.05, 4.69) is 4.98 Å². The lowest BCUT2D eigenvalue weighted by atomic mass is 10.1. The van der Waals surface area contributed by atoms with Gasteiger partial charge in [-0.1, -0.05) is 23.2 Å². The lowest BCUT2D eigenvalue weighted by Crippen LogP contribution is -1.90. The number of benzene rings is 1. The summed E-state index contributed by atoms with van der Waals surface area (Å²) in [5.74, 6) is 0. The van der Waals surface area contributed by atoms with Gasteiger partial charge in [-0.05, 0) is 25.1 Å². The second kappa shape index (κ2) is 2.89. The third-order valence-corrected chi connectivity index (χ3v) is 2.16. The summed E-state index contributed by atoms with van der Waals surface area (Å²) < 4.78 is 0. The first-order valence-corrected chi connectivity index (χ1v) is 4.37. The van der Waals surface area contributed by atoms with E-state index >= 15 is 0 Å². The van der Waals surface area contributed by atoms with Gasteiger partial charge in [-0.2, -0.15) is 0 Å². The summed E-state index contributed by atoms with van der Waals surface area (Å²) in [5.41, 5.74) is 8.49. The normalized spacial score (nSPS) is 10.6. The third kappa shape index (κ3) is 1.45. The first-order chi connectivity index (χ1) is 6.16. The highest BCUT2D eigenvalue weighted by Crippen LogP contribution is 2.23. The zero-order valence-corrected chi connectivity index (χ0v) is 7.97. The van der Waals surface area contributed by atoms with Crippen molar-refractivity contribution in [2.75, 3.05) is 5.73 Å². The van der Waals surface area contributed by atoms with Crippen LogP contribution in [0.3, 0.4) is 0 Å². The van der Waals surface area contributed by atoms with Crippen LogP contribution in [0.5, 0.6) is 0 Å². The van der Waals surface area contributed by atoms with Crippen molar-refractivity contribution in [3.8, 4) is 0 Å². The first kappa shape index (κ1) is 8.32. The molecule has 0 aliphatic carbocycles. The van der Waals surface area contributed by atoms with Crippen LogP contribution in [0, 0.1) is 6.92 Å². The van der Waals surface area contributed by atoms with Gasteiger partial charge in [0.05, 0.1) is 5.52 Å². The Morgan fingerprint density at radius 3 is 2.85 bits per heavy atom. The van der Waals surface area contributed by atoms with Crippen LogP contribution in [-0.4, -0.2) is 4.98 Å². The van der Waals surface area contributed by atoms with Gasteiger partial charge >= 0.3 is 0 Å². The van der Waals surface area contributed by atoms with Crippen molar-refractivity contribution in [3.05, 3.63) is 35.0 Å². The van der Waals surface area contributed by atoms with Crippen LogP contribution < -0.4 is 5.73 Å². The van der Waals surface area contributed by atoms with E-state index in [1.54, 1.807) is 6.07 Å². The molecule has 1 aromatic heterocycles. The van der Waals surface area contributed by atoms with E-state index in [-0.39, 0.29) is 0 Å². The number of rotatable bonds is 0. The van der Waals surface area contributed by atoms with Gasteiger partial charge in [0, 0.05) is 11.1 Å². The number of aromatic nitrogens is 1. The maximum absolute atomic E-state index is 5.80. The van der Waals surface area contributed by atoms with Crippen LogP contribution in [-0.2, 0) is 0 Å². The highest BCUT2D eigenvalue weighted by Gasteiger charge is 2.01. The van der Waals surface area contributed by atoms with Crippen molar-refractivity contribution in [3.63, 3.8) is 0 Å². The van der Waals surface area contributed by atoms with E-state index in [9.17, 15) is 0 Å². The highest BCUT2D eigenvalue weighted by atomic mass is 35.5. The molecule has 0 amide bonds. The number of hydrogen-bond donors (Lipinski definition) is 1. The molecule has 0 saturated heterocycles. The second-order valence-electron chi connectivity index (χ2n) is 3.05. The number of nitrogen functional groups attached to an aromatic ring is 1. The molecule has 13 heavy (non-hydrogen) atoms. The van der Waals surface area contributed by atoms with Crippen molar-refractivity contribution in [1.29, 1.82) is 0 Å². The quantitative estimate of drug-likeness (QED) is 0.652. The zero-order valence-electron chi connectivity index (χ0n) is 7.21. The molecule has 0 aliphatic heterocycles. The summed E-state index contributed by atoms with van der Waals surface area (Å²) in [7, 11) is 0. The van der Waals surface area contributed by atoms with Crippen LogP contribution in [0.4, 0.5) is 5.69 Å². The van der Waals surface area contributed by atoms with E-state index in [0.717, 1.165) is 10.9 Å². The van der Waals surface area contributed by atoms with E-state index in [1.807, 2.05) is 25.1 Å². The van der Waals surface area contributed by atoms with Crippen molar-refractivity contribution >= 4 is 28.2 Å². The number of aryl methyl sites for hydroxylation is 1. The smallest absolute Gasteiger partial charge is 0.131 e. The van der Waals surface area contributed by atoms with Gasteiger partial charge in [0.2, 0.25) is 0 Å². The van der Waals surface area contributed by atoms with Crippen LogP contribution >= 0.6 is 11.6 Å². The molecule has 2 aromatic rings. The third-order valence-electron chi connectivity index (χ3n) is 1.96. The van der Waals surface area contributed by atoms with Crippen LogP contribution in [0.15, 0.2) is 24.3 Å². The Kier molecular flexibility index (Phi) is 1.85. The van der Waals surface area contributed by atoms with Crippen molar-refractivity contribution < 1.29 is 0 Å². The molecule has 2 N–H and O–H groups in total. The molecule has 1 heterocycles. The highest BCUT2D eigenvalue weighted by molar-refractivity contribution is 6.30. The maximum atomic E-state index is 5.80. The number of fused-ring (bicyclic) bond motifs is 1. The number of halogens is 1. The molecule has 66 valence electrons. The summed E-state index contributed by atoms with van der Waals surface area (Å²) in [4.78, 5) is 4.16. The number of hydrogen-bond acceptors (Lipinski definition) is 2. The Balaban J connectivity index is 2.87. The van der Waals surface area contributed by atoms with Gasteiger partial charge in [-0.25, -0.2) is 4.98 Å². The molecule has 0 atom stereocenters. The summed E-state index contributed by atoms with van der Waals surface area (Å²) in [5, 5.41) is 1.40. The molecule has 0 saturated carbocycles.